The first-order chi connectivity index (χ1) is 8.62. The van der Waals surface area contributed by atoms with E-state index >= 15 is 0 Å². The molecular weight excluding hydrogens is 246 g/mol. The summed E-state index contributed by atoms with van der Waals surface area (Å²) >= 11 is 2.00. The summed E-state index contributed by atoms with van der Waals surface area (Å²) in [5, 5.41) is 3.43. The lowest BCUT2D eigenvalue weighted by atomic mass is 10.1. The molecule has 1 unspecified atom stereocenters. The fourth-order valence-electron chi connectivity index (χ4n) is 2.16. The lowest BCUT2D eigenvalue weighted by Crippen LogP contribution is -2.25. The van der Waals surface area contributed by atoms with Gasteiger partial charge < -0.3 is 10.1 Å². The monoisotopic (exact) mass is 273 g/mol. The van der Waals surface area contributed by atoms with Crippen LogP contribution in [-0.2, 0) is 9.53 Å². The fraction of sp³-hybridized carbons (Fsp3) is 0.929. The summed E-state index contributed by atoms with van der Waals surface area (Å²) < 4.78 is 4.76. The Kier molecular flexibility index (Phi) is 7.08. The molecule has 0 aromatic heterocycles. The lowest BCUT2D eigenvalue weighted by Gasteiger charge is -2.14. The van der Waals surface area contributed by atoms with Crippen molar-refractivity contribution >= 4 is 17.7 Å². The average Bonchev–Trinajstić information content (AvgIpc) is 3.09. The number of nitrogens with one attached hydrogen (secondary N) is 1. The molecule has 1 N–H and O–H groups in total. The van der Waals surface area contributed by atoms with Crippen molar-refractivity contribution in [2.75, 3.05) is 25.2 Å². The van der Waals surface area contributed by atoms with Gasteiger partial charge in [0.1, 0.15) is 0 Å². The number of thioether (sulfide) groups is 1. The molecule has 3 nitrogen and oxygen atoms in total. The van der Waals surface area contributed by atoms with Gasteiger partial charge in [0.25, 0.3) is 0 Å². The van der Waals surface area contributed by atoms with Crippen LogP contribution < -0.4 is 5.32 Å². The molecule has 1 saturated carbocycles. The van der Waals surface area contributed by atoms with Gasteiger partial charge in [-0.1, -0.05) is 6.92 Å². The molecule has 1 rings (SSSR count). The van der Waals surface area contributed by atoms with E-state index in [1.807, 2.05) is 11.8 Å². The first-order valence-electron chi connectivity index (χ1n) is 7.00. The first-order valence-corrected chi connectivity index (χ1v) is 8.15. The molecule has 0 radical (unpaired) electrons. The Labute approximate surface area is 115 Å². The van der Waals surface area contributed by atoms with Gasteiger partial charge in [-0.3, -0.25) is 4.79 Å². The number of rotatable bonds is 10. The smallest absolute Gasteiger partial charge is 0.306 e. The molecule has 0 spiro atoms. The highest BCUT2D eigenvalue weighted by Crippen LogP contribution is 2.51. The summed E-state index contributed by atoms with van der Waals surface area (Å²) in [5.74, 6) is 2.28. The maximum atomic E-state index is 11.3. The summed E-state index contributed by atoms with van der Waals surface area (Å²) in [6.07, 6.45) is 5.51. The zero-order chi connectivity index (χ0) is 13.4. The van der Waals surface area contributed by atoms with Crippen LogP contribution in [0.4, 0.5) is 0 Å². The molecule has 0 bridgehead atoms. The summed E-state index contributed by atoms with van der Waals surface area (Å²) in [6, 6.07) is 0.626. The molecular formula is C14H27NO2S. The minimum Gasteiger partial charge on any atom is -0.469 e. The number of carbonyl (C=O) groups is 1. The summed E-state index contributed by atoms with van der Waals surface area (Å²) in [5.41, 5.74) is 0.283. The predicted octanol–water partition coefficient (Wildman–Crippen LogP) is 2.84. The maximum absolute atomic E-state index is 11.3. The quantitative estimate of drug-likeness (QED) is 0.491. The molecule has 0 amide bonds. The van der Waals surface area contributed by atoms with Gasteiger partial charge in [-0.2, -0.15) is 11.8 Å². The molecule has 4 heteroatoms. The van der Waals surface area contributed by atoms with E-state index in [9.17, 15) is 4.79 Å². The van der Waals surface area contributed by atoms with Gasteiger partial charge >= 0.3 is 5.97 Å². The van der Waals surface area contributed by atoms with Crippen molar-refractivity contribution in [2.24, 2.45) is 5.41 Å². The summed E-state index contributed by atoms with van der Waals surface area (Å²) in [4.78, 5) is 11.3. The zero-order valence-corrected chi connectivity index (χ0v) is 12.8. The van der Waals surface area contributed by atoms with Crippen LogP contribution in [0.15, 0.2) is 0 Å². The van der Waals surface area contributed by atoms with Crippen LogP contribution in [0, 0.1) is 5.41 Å². The van der Waals surface area contributed by atoms with E-state index in [0.717, 1.165) is 12.3 Å². The number of carbonyl (C=O) groups excluding carboxylic acids is 1. The van der Waals surface area contributed by atoms with Crippen molar-refractivity contribution in [3.8, 4) is 0 Å². The Bertz CT molecular complexity index is 254. The van der Waals surface area contributed by atoms with Crippen LogP contribution in [-0.4, -0.2) is 37.2 Å². The number of hydrogen-bond donors (Lipinski definition) is 1. The third-order valence-electron chi connectivity index (χ3n) is 3.59. The molecule has 0 saturated heterocycles. The topological polar surface area (TPSA) is 38.3 Å². The average molecular weight is 273 g/mol. The molecule has 1 atom stereocenters. The summed E-state index contributed by atoms with van der Waals surface area (Å²) in [7, 11) is 1.48. The van der Waals surface area contributed by atoms with E-state index in [0.29, 0.717) is 12.5 Å². The Morgan fingerprint density at radius 2 is 2.22 bits per heavy atom. The fourth-order valence-corrected chi connectivity index (χ4v) is 3.50. The van der Waals surface area contributed by atoms with Crippen LogP contribution in [0.3, 0.4) is 0 Å². The van der Waals surface area contributed by atoms with Crippen molar-refractivity contribution in [3.63, 3.8) is 0 Å². The van der Waals surface area contributed by atoms with Gasteiger partial charge in [0.2, 0.25) is 0 Å². The molecule has 106 valence electrons. The molecule has 18 heavy (non-hydrogen) atoms. The van der Waals surface area contributed by atoms with Crippen LogP contribution in [0.2, 0.25) is 0 Å². The second-order valence-electron chi connectivity index (χ2n) is 5.41. The van der Waals surface area contributed by atoms with Gasteiger partial charge in [0.05, 0.1) is 13.5 Å². The van der Waals surface area contributed by atoms with Crippen molar-refractivity contribution in [2.45, 2.75) is 52.0 Å². The van der Waals surface area contributed by atoms with Gasteiger partial charge in [-0.05, 0) is 56.1 Å². The SMILES string of the molecule is CCNC(C)CCCSCC1(CC(=O)OC)CC1. The van der Waals surface area contributed by atoms with Gasteiger partial charge in [0, 0.05) is 6.04 Å². The Morgan fingerprint density at radius 1 is 1.50 bits per heavy atom. The highest BCUT2D eigenvalue weighted by atomic mass is 32.2. The number of methoxy groups -OCH3 is 1. The minimum atomic E-state index is -0.0473. The second kappa shape index (κ2) is 8.05. The van der Waals surface area contributed by atoms with Crippen LogP contribution >= 0.6 is 11.8 Å². The van der Waals surface area contributed by atoms with E-state index in [-0.39, 0.29) is 11.4 Å². The van der Waals surface area contributed by atoms with E-state index in [2.05, 4.69) is 19.2 Å². The predicted molar refractivity (Wildman–Crippen MR) is 78.0 cm³/mol. The number of ether oxygens (including phenoxy) is 1. The Balaban J connectivity index is 2.02. The van der Waals surface area contributed by atoms with E-state index in [1.54, 1.807) is 0 Å². The minimum absolute atomic E-state index is 0.0473. The molecule has 1 fully saturated rings. The largest absolute Gasteiger partial charge is 0.469 e. The van der Waals surface area contributed by atoms with Gasteiger partial charge in [-0.25, -0.2) is 0 Å². The van der Waals surface area contributed by atoms with Crippen molar-refractivity contribution in [3.05, 3.63) is 0 Å². The number of esters is 1. The van der Waals surface area contributed by atoms with Gasteiger partial charge in [-0.15, -0.1) is 0 Å². The van der Waals surface area contributed by atoms with Gasteiger partial charge in [0.15, 0.2) is 0 Å². The first kappa shape index (κ1) is 15.8. The van der Waals surface area contributed by atoms with E-state index < -0.39 is 0 Å². The molecule has 0 aromatic carbocycles. The van der Waals surface area contributed by atoms with Crippen LogP contribution in [0.5, 0.6) is 0 Å². The van der Waals surface area contributed by atoms with E-state index in [4.69, 9.17) is 4.74 Å². The summed E-state index contributed by atoms with van der Waals surface area (Å²) in [6.45, 7) is 5.44. The Morgan fingerprint density at radius 3 is 2.78 bits per heavy atom. The maximum Gasteiger partial charge on any atom is 0.306 e. The molecule has 0 aromatic rings. The third kappa shape index (κ3) is 6.10. The highest BCUT2D eigenvalue weighted by Gasteiger charge is 2.44. The standard InChI is InChI=1S/C14H27NO2S/c1-4-15-12(2)6-5-9-18-11-14(7-8-14)10-13(16)17-3/h12,15H,4-11H2,1-3H3. The molecule has 1 aliphatic rings. The Hall–Kier alpha value is -0.220. The highest BCUT2D eigenvalue weighted by molar-refractivity contribution is 7.99. The van der Waals surface area contributed by atoms with Crippen LogP contribution in [0.1, 0.15) is 46.0 Å². The zero-order valence-electron chi connectivity index (χ0n) is 12.0. The van der Waals surface area contributed by atoms with Crippen LogP contribution in [0.25, 0.3) is 0 Å². The van der Waals surface area contributed by atoms with Crippen molar-refractivity contribution in [1.82, 2.24) is 5.32 Å². The molecule has 0 aliphatic heterocycles. The molecule has 0 heterocycles. The molecule has 1 aliphatic carbocycles. The second-order valence-corrected chi connectivity index (χ2v) is 6.51. The van der Waals surface area contributed by atoms with Crippen molar-refractivity contribution in [1.29, 1.82) is 0 Å². The third-order valence-corrected chi connectivity index (χ3v) is 4.98. The lowest BCUT2D eigenvalue weighted by molar-refractivity contribution is -0.141. The van der Waals surface area contributed by atoms with Crippen molar-refractivity contribution < 1.29 is 9.53 Å². The number of hydrogen-bond acceptors (Lipinski definition) is 4. The normalized spacial score (nSPS) is 18.4. The van der Waals surface area contributed by atoms with E-state index in [1.165, 1.54) is 38.5 Å².